The molecule has 1 aromatic heterocycles. The van der Waals surface area contributed by atoms with Crippen molar-refractivity contribution in [1.82, 2.24) is 9.88 Å². The molecule has 1 N–H and O–H groups in total. The number of amides is 2. The number of hydrogen-bond donors (Lipinski definition) is 1. The Kier molecular flexibility index (Phi) is 5.93. The molecular formula is C28H23N3O3S. The molecular weight excluding hydrogens is 458 g/mol. The number of aryl methyl sites for hydroxylation is 1. The summed E-state index contributed by atoms with van der Waals surface area (Å²) in [6.45, 7) is 2.73. The van der Waals surface area contributed by atoms with E-state index >= 15 is 0 Å². The van der Waals surface area contributed by atoms with Crippen molar-refractivity contribution >= 4 is 51.8 Å². The van der Waals surface area contributed by atoms with Gasteiger partial charge < -0.3 is 9.30 Å². The van der Waals surface area contributed by atoms with Crippen molar-refractivity contribution in [2.45, 2.75) is 13.5 Å². The lowest BCUT2D eigenvalue weighted by atomic mass is 10.1. The number of anilines is 1. The molecule has 1 fully saturated rings. The van der Waals surface area contributed by atoms with Gasteiger partial charge in [-0.05, 0) is 61.1 Å². The maximum atomic E-state index is 13.4. The third-order valence-corrected chi connectivity index (χ3v) is 6.31. The van der Waals surface area contributed by atoms with Crippen molar-refractivity contribution in [3.63, 3.8) is 0 Å². The van der Waals surface area contributed by atoms with Crippen molar-refractivity contribution in [3.8, 4) is 5.75 Å². The summed E-state index contributed by atoms with van der Waals surface area (Å²) in [5.41, 5.74) is 4.75. The van der Waals surface area contributed by atoms with Crippen LogP contribution in [-0.2, 0) is 16.1 Å². The van der Waals surface area contributed by atoms with Crippen molar-refractivity contribution in [2.75, 3.05) is 12.0 Å². The van der Waals surface area contributed by atoms with Crippen LogP contribution in [0.15, 0.2) is 84.6 Å². The van der Waals surface area contributed by atoms with E-state index in [9.17, 15) is 9.59 Å². The van der Waals surface area contributed by atoms with E-state index in [1.54, 1.807) is 37.5 Å². The van der Waals surface area contributed by atoms with E-state index in [1.807, 2.05) is 30.5 Å². The van der Waals surface area contributed by atoms with Crippen LogP contribution >= 0.6 is 12.2 Å². The molecule has 0 atom stereocenters. The summed E-state index contributed by atoms with van der Waals surface area (Å²) < 4.78 is 7.33. The van der Waals surface area contributed by atoms with Crippen LogP contribution in [0.3, 0.4) is 0 Å². The average Bonchev–Trinajstić information content (AvgIpc) is 3.20. The van der Waals surface area contributed by atoms with Crippen molar-refractivity contribution in [1.29, 1.82) is 0 Å². The zero-order valence-electron chi connectivity index (χ0n) is 19.3. The van der Waals surface area contributed by atoms with Gasteiger partial charge in [-0.2, -0.15) is 0 Å². The lowest BCUT2D eigenvalue weighted by molar-refractivity contribution is -0.122. The molecule has 3 aromatic carbocycles. The summed E-state index contributed by atoms with van der Waals surface area (Å²) >= 11 is 5.32. The van der Waals surface area contributed by atoms with E-state index in [4.69, 9.17) is 17.0 Å². The minimum atomic E-state index is -0.514. The predicted molar refractivity (Wildman–Crippen MR) is 141 cm³/mol. The van der Waals surface area contributed by atoms with Gasteiger partial charge in [0.05, 0.1) is 12.8 Å². The zero-order valence-corrected chi connectivity index (χ0v) is 20.1. The molecule has 6 nitrogen and oxygen atoms in total. The summed E-state index contributed by atoms with van der Waals surface area (Å²) in [5, 5.41) is 3.65. The molecule has 35 heavy (non-hydrogen) atoms. The summed E-state index contributed by atoms with van der Waals surface area (Å²) in [4.78, 5) is 27.6. The Balaban J connectivity index is 1.54. The smallest absolute Gasteiger partial charge is 0.270 e. The van der Waals surface area contributed by atoms with E-state index in [2.05, 4.69) is 41.1 Å². The molecule has 0 spiro atoms. The highest BCUT2D eigenvalue weighted by molar-refractivity contribution is 7.80. The molecule has 1 aliphatic rings. The first-order chi connectivity index (χ1) is 16.9. The van der Waals surface area contributed by atoms with E-state index in [0.29, 0.717) is 18.0 Å². The number of fused-ring (bicyclic) bond motifs is 1. The number of ether oxygens (including phenoxy) is 1. The van der Waals surface area contributed by atoms with Gasteiger partial charge in [-0.25, -0.2) is 0 Å². The van der Waals surface area contributed by atoms with Gasteiger partial charge in [-0.15, -0.1) is 0 Å². The SMILES string of the molecule is COc1ccc(N2C(=O)/C(=C\c3cn(Cc4ccc(C)cc4)c4ccccc34)C(=O)NC2=S)cc1. The quantitative estimate of drug-likeness (QED) is 0.252. The second kappa shape index (κ2) is 9.19. The number of carbonyl (C=O) groups is 2. The number of thiocarbonyl (C=S) groups is 1. The van der Waals surface area contributed by atoms with Crippen LogP contribution in [0.25, 0.3) is 17.0 Å². The predicted octanol–water partition coefficient (Wildman–Crippen LogP) is 4.84. The summed E-state index contributed by atoms with van der Waals surface area (Å²) in [7, 11) is 1.57. The Morgan fingerprint density at radius 2 is 1.69 bits per heavy atom. The number of benzene rings is 3. The minimum absolute atomic E-state index is 0.0210. The number of carbonyl (C=O) groups excluding carboxylic acids is 2. The highest BCUT2D eigenvalue weighted by atomic mass is 32.1. The topological polar surface area (TPSA) is 63.6 Å². The molecule has 1 saturated heterocycles. The van der Waals surface area contributed by atoms with E-state index in [0.717, 1.165) is 22.0 Å². The van der Waals surface area contributed by atoms with Crippen LogP contribution in [0.4, 0.5) is 5.69 Å². The summed E-state index contributed by atoms with van der Waals surface area (Å²) in [6.07, 6.45) is 3.62. The summed E-state index contributed by atoms with van der Waals surface area (Å²) in [5.74, 6) is -0.329. The molecule has 5 rings (SSSR count). The number of methoxy groups -OCH3 is 1. The summed E-state index contributed by atoms with van der Waals surface area (Å²) in [6, 6.07) is 23.3. The van der Waals surface area contributed by atoms with Gasteiger partial charge in [0.1, 0.15) is 11.3 Å². The molecule has 0 radical (unpaired) electrons. The first-order valence-corrected chi connectivity index (χ1v) is 11.5. The van der Waals surface area contributed by atoms with Crippen LogP contribution in [0.1, 0.15) is 16.7 Å². The van der Waals surface area contributed by atoms with E-state index in [-0.39, 0.29) is 10.7 Å². The maximum Gasteiger partial charge on any atom is 0.270 e. The monoisotopic (exact) mass is 481 g/mol. The third-order valence-electron chi connectivity index (χ3n) is 6.03. The van der Waals surface area contributed by atoms with Gasteiger partial charge in [0, 0.05) is 29.2 Å². The van der Waals surface area contributed by atoms with Gasteiger partial charge in [-0.1, -0.05) is 48.0 Å². The van der Waals surface area contributed by atoms with Crippen molar-refractivity contribution in [2.24, 2.45) is 0 Å². The normalized spacial score (nSPS) is 15.1. The molecule has 174 valence electrons. The molecule has 7 heteroatoms. The molecule has 2 amide bonds. The second-order valence-electron chi connectivity index (χ2n) is 8.37. The van der Waals surface area contributed by atoms with Crippen LogP contribution < -0.4 is 15.0 Å². The Labute approximate surface area is 208 Å². The Bertz CT molecular complexity index is 1480. The average molecular weight is 482 g/mol. The minimum Gasteiger partial charge on any atom is -0.497 e. The molecule has 4 aromatic rings. The largest absolute Gasteiger partial charge is 0.497 e. The second-order valence-corrected chi connectivity index (χ2v) is 8.76. The van der Waals surface area contributed by atoms with Crippen LogP contribution in [0.5, 0.6) is 5.75 Å². The molecule has 0 saturated carbocycles. The molecule has 0 aliphatic carbocycles. The first kappa shape index (κ1) is 22.6. The number of hydrogen-bond acceptors (Lipinski definition) is 4. The standard InChI is InChI=1S/C28H23N3O3S/c1-18-7-9-19(10-8-18)16-30-17-20(23-5-3-4-6-25(23)30)15-24-26(32)29-28(35)31(27(24)33)21-11-13-22(34-2)14-12-21/h3-15,17H,16H2,1-2H3,(H,29,32,35)/b24-15-. The van der Waals surface area contributed by atoms with Gasteiger partial charge >= 0.3 is 0 Å². The molecule has 0 unspecified atom stereocenters. The first-order valence-electron chi connectivity index (χ1n) is 11.1. The van der Waals surface area contributed by atoms with Crippen LogP contribution in [0, 0.1) is 6.92 Å². The molecule has 1 aliphatic heterocycles. The van der Waals surface area contributed by atoms with Gasteiger partial charge in [0.25, 0.3) is 11.8 Å². The van der Waals surface area contributed by atoms with Crippen molar-refractivity contribution in [3.05, 3.63) is 101 Å². The molecule has 0 bridgehead atoms. The fraction of sp³-hybridized carbons (Fsp3) is 0.107. The number of aromatic nitrogens is 1. The highest BCUT2D eigenvalue weighted by Crippen LogP contribution is 2.28. The number of nitrogens with one attached hydrogen (secondary N) is 1. The van der Waals surface area contributed by atoms with Gasteiger partial charge in [0.2, 0.25) is 0 Å². The lowest BCUT2D eigenvalue weighted by Gasteiger charge is -2.29. The molecule has 2 heterocycles. The Hall–Kier alpha value is -4.23. The Morgan fingerprint density at radius 3 is 2.40 bits per heavy atom. The Morgan fingerprint density at radius 1 is 0.971 bits per heavy atom. The van der Waals surface area contributed by atoms with Gasteiger partial charge in [0.15, 0.2) is 5.11 Å². The fourth-order valence-electron chi connectivity index (χ4n) is 4.19. The fourth-order valence-corrected chi connectivity index (χ4v) is 4.47. The maximum absolute atomic E-state index is 13.4. The number of para-hydroxylation sites is 1. The number of rotatable bonds is 5. The van der Waals surface area contributed by atoms with Crippen LogP contribution in [-0.4, -0.2) is 28.6 Å². The van der Waals surface area contributed by atoms with Crippen LogP contribution in [0.2, 0.25) is 0 Å². The van der Waals surface area contributed by atoms with E-state index in [1.165, 1.54) is 10.5 Å². The van der Waals surface area contributed by atoms with Gasteiger partial charge in [-0.3, -0.25) is 19.8 Å². The number of nitrogens with zero attached hydrogens (tertiary/aromatic N) is 2. The van der Waals surface area contributed by atoms with E-state index < -0.39 is 11.8 Å². The van der Waals surface area contributed by atoms with Crippen molar-refractivity contribution < 1.29 is 14.3 Å². The third kappa shape index (κ3) is 4.34. The zero-order chi connectivity index (χ0) is 24.5. The highest BCUT2D eigenvalue weighted by Gasteiger charge is 2.34. The lowest BCUT2D eigenvalue weighted by Crippen LogP contribution is -2.54.